The minimum atomic E-state index is -1.25. The molecule has 4 aliphatic rings. The van der Waals surface area contributed by atoms with Crippen molar-refractivity contribution in [2.45, 2.75) is 18.3 Å². The van der Waals surface area contributed by atoms with Crippen LogP contribution in [0.2, 0.25) is 0 Å². The Morgan fingerprint density at radius 1 is 1.41 bits per heavy atom. The van der Waals surface area contributed by atoms with Crippen molar-refractivity contribution in [3.8, 4) is 0 Å². The van der Waals surface area contributed by atoms with E-state index in [9.17, 15) is 29.8 Å². The van der Waals surface area contributed by atoms with E-state index in [-0.39, 0.29) is 41.4 Å². The molecule has 15 nitrogen and oxygen atoms in total. The molecule has 0 radical (unpaired) electrons. The Balaban J connectivity index is 0.00000353. The monoisotopic (exact) mass is 615 g/mol. The molecule has 1 saturated heterocycles. The number of anilines is 1. The number of carbonyl (C=O) groups is 3. The number of amides is 2. The number of rotatable bonds is 8. The number of carboxylic acids is 1. The fourth-order valence-electron chi connectivity index (χ4n) is 4.06. The van der Waals surface area contributed by atoms with Crippen molar-refractivity contribution in [2.75, 3.05) is 24.0 Å². The molecular formula is C20H22ClN9O6S3. The number of oxime groups is 1. The molecule has 0 spiro atoms. The summed E-state index contributed by atoms with van der Waals surface area (Å²) in [4.78, 5) is 47.4. The van der Waals surface area contributed by atoms with Gasteiger partial charge in [0.2, 0.25) is 0 Å². The molecule has 4 aliphatic heterocycles. The number of hydrogen-bond donors (Lipinski definition) is 6. The molecule has 1 unspecified atom stereocenters. The number of aliphatic hydroxyl groups excluding tert-OH is 1. The van der Waals surface area contributed by atoms with Gasteiger partial charge in [0.25, 0.3) is 11.8 Å². The predicted octanol–water partition coefficient (Wildman–Crippen LogP) is -0.101. The SMILES string of the molecule is CC1=NC2=CN(CO)NN2C(SCC2=C(C(=O)O)N3C(=O)C(NC(=O)/C(=N\O)c4csc(N)n4)[C@H]3SC2)=C1.Cl. The van der Waals surface area contributed by atoms with Gasteiger partial charge in [-0.25, -0.2) is 19.8 Å². The quantitative estimate of drug-likeness (QED) is 0.0978. The zero-order valence-corrected chi connectivity index (χ0v) is 23.2. The highest BCUT2D eigenvalue weighted by molar-refractivity contribution is 8.03. The maximum Gasteiger partial charge on any atom is 0.352 e. The van der Waals surface area contributed by atoms with Gasteiger partial charge in [-0.15, -0.1) is 52.8 Å². The minimum absolute atomic E-state index is 0. The van der Waals surface area contributed by atoms with E-state index in [1.54, 1.807) is 11.2 Å². The first-order valence-corrected chi connectivity index (χ1v) is 13.8. The third-order valence-electron chi connectivity index (χ3n) is 5.74. The average molecular weight is 616 g/mol. The lowest BCUT2D eigenvalue weighted by Gasteiger charge is -2.49. The predicted molar refractivity (Wildman–Crippen MR) is 147 cm³/mol. The van der Waals surface area contributed by atoms with Crippen LogP contribution in [0.1, 0.15) is 12.6 Å². The number of aromatic nitrogens is 1. The van der Waals surface area contributed by atoms with Gasteiger partial charge in [-0.2, -0.15) is 0 Å². The Labute approximate surface area is 239 Å². The van der Waals surface area contributed by atoms with Crippen LogP contribution in [0.15, 0.2) is 49.9 Å². The Morgan fingerprint density at radius 2 is 2.18 bits per heavy atom. The van der Waals surface area contributed by atoms with Crippen LogP contribution in [-0.2, 0) is 14.4 Å². The van der Waals surface area contributed by atoms with E-state index in [0.29, 0.717) is 17.1 Å². The Morgan fingerprint density at radius 3 is 2.82 bits per heavy atom. The van der Waals surface area contributed by atoms with Gasteiger partial charge < -0.3 is 26.5 Å². The maximum atomic E-state index is 13.0. The number of nitrogens with zero attached hydrogens (tertiary/aromatic N) is 6. The molecule has 19 heteroatoms. The van der Waals surface area contributed by atoms with Crippen molar-refractivity contribution in [1.82, 2.24) is 30.8 Å². The van der Waals surface area contributed by atoms with Crippen LogP contribution in [-0.4, -0.2) is 94.2 Å². The number of nitrogens with one attached hydrogen (secondary N) is 2. The van der Waals surface area contributed by atoms with Gasteiger partial charge in [0.05, 0.1) is 11.2 Å². The van der Waals surface area contributed by atoms with E-state index in [2.05, 4.69) is 26.0 Å². The second kappa shape index (κ2) is 11.4. The number of thioether (sulfide) groups is 2. The van der Waals surface area contributed by atoms with Crippen molar-refractivity contribution in [1.29, 1.82) is 0 Å². The minimum Gasteiger partial charge on any atom is -0.477 e. The van der Waals surface area contributed by atoms with Crippen LogP contribution >= 0.6 is 47.3 Å². The number of hydrazine groups is 2. The summed E-state index contributed by atoms with van der Waals surface area (Å²) < 4.78 is 0. The van der Waals surface area contributed by atoms with E-state index in [0.717, 1.165) is 22.1 Å². The highest BCUT2D eigenvalue weighted by atomic mass is 35.5. The van der Waals surface area contributed by atoms with Crippen LogP contribution in [0.25, 0.3) is 0 Å². The van der Waals surface area contributed by atoms with E-state index in [4.69, 9.17) is 5.73 Å². The van der Waals surface area contributed by atoms with Gasteiger partial charge in [0.15, 0.2) is 16.7 Å². The number of aliphatic imine (C=N–C) groups is 1. The Hall–Kier alpha value is -3.29. The highest BCUT2D eigenvalue weighted by Gasteiger charge is 2.54. The number of aliphatic hydroxyl groups is 1. The van der Waals surface area contributed by atoms with Gasteiger partial charge in [-0.1, -0.05) is 5.16 Å². The lowest BCUT2D eigenvalue weighted by atomic mass is 10.0. The number of aliphatic carboxylic acids is 1. The molecule has 0 saturated carbocycles. The molecule has 1 fully saturated rings. The number of halogens is 1. The van der Waals surface area contributed by atoms with Crippen molar-refractivity contribution in [3.05, 3.63) is 45.5 Å². The lowest BCUT2D eigenvalue weighted by Crippen LogP contribution is -2.71. The van der Waals surface area contributed by atoms with Crippen molar-refractivity contribution >= 4 is 81.6 Å². The van der Waals surface area contributed by atoms with Crippen molar-refractivity contribution in [3.63, 3.8) is 0 Å². The zero-order valence-electron chi connectivity index (χ0n) is 20.0. The Bertz CT molecular complexity index is 1380. The second-order valence-corrected chi connectivity index (χ2v) is 11.2. The first-order chi connectivity index (χ1) is 18.2. The first kappa shape index (κ1) is 28.7. The van der Waals surface area contributed by atoms with Gasteiger partial charge in [0.1, 0.15) is 29.5 Å². The molecule has 2 atom stereocenters. The van der Waals surface area contributed by atoms with Crippen LogP contribution < -0.4 is 16.6 Å². The molecule has 1 aromatic heterocycles. The average Bonchev–Trinajstić information content (AvgIpc) is 3.51. The summed E-state index contributed by atoms with van der Waals surface area (Å²) in [5.74, 6) is -1.50. The number of carbonyl (C=O) groups excluding carboxylic acids is 2. The summed E-state index contributed by atoms with van der Waals surface area (Å²) in [6.07, 6.45) is 3.47. The largest absolute Gasteiger partial charge is 0.477 e. The molecule has 208 valence electrons. The third kappa shape index (κ3) is 5.30. The molecule has 39 heavy (non-hydrogen) atoms. The van der Waals surface area contributed by atoms with Gasteiger partial charge >= 0.3 is 5.97 Å². The molecule has 7 N–H and O–H groups in total. The Kier molecular flexibility index (Phi) is 8.42. The summed E-state index contributed by atoms with van der Waals surface area (Å²) in [7, 11) is 0. The van der Waals surface area contributed by atoms with E-state index in [1.807, 2.05) is 13.0 Å². The number of β-lactam (4-membered cyclic amide) rings is 1. The number of allylic oxidation sites excluding steroid dienone is 1. The van der Waals surface area contributed by atoms with E-state index < -0.39 is 34.9 Å². The van der Waals surface area contributed by atoms with E-state index >= 15 is 0 Å². The molecule has 0 aromatic carbocycles. The summed E-state index contributed by atoms with van der Waals surface area (Å²) >= 11 is 3.73. The second-order valence-electron chi connectivity index (χ2n) is 8.20. The first-order valence-electron chi connectivity index (χ1n) is 10.9. The number of carboxylic acid groups (broad SMARTS) is 1. The fraction of sp³-hybridized carbons (Fsp3) is 0.300. The molecule has 5 rings (SSSR count). The van der Waals surface area contributed by atoms with Crippen LogP contribution in [0.3, 0.4) is 0 Å². The number of nitrogens with two attached hydrogens (primary N) is 1. The van der Waals surface area contributed by atoms with Gasteiger partial charge in [-0.05, 0) is 18.6 Å². The molecular weight excluding hydrogens is 594 g/mol. The lowest BCUT2D eigenvalue weighted by molar-refractivity contribution is -0.150. The summed E-state index contributed by atoms with van der Waals surface area (Å²) in [5, 5.41) is 39.0. The zero-order chi connectivity index (χ0) is 27.1. The molecule has 1 aromatic rings. The summed E-state index contributed by atoms with van der Waals surface area (Å²) in [6, 6.07) is -1.00. The molecule has 0 bridgehead atoms. The summed E-state index contributed by atoms with van der Waals surface area (Å²) in [5.41, 5.74) is 9.36. The van der Waals surface area contributed by atoms with Gasteiger partial charge in [0, 0.05) is 22.6 Å². The van der Waals surface area contributed by atoms with Crippen molar-refractivity contribution < 1.29 is 29.8 Å². The number of hydrogen-bond acceptors (Lipinski definition) is 15. The smallest absolute Gasteiger partial charge is 0.352 e. The highest BCUT2D eigenvalue weighted by Crippen LogP contribution is 2.42. The van der Waals surface area contributed by atoms with Gasteiger partial charge in [-0.3, -0.25) is 19.5 Å². The molecule has 0 aliphatic carbocycles. The topological polar surface area (TPSA) is 209 Å². The fourth-order valence-corrected chi connectivity index (χ4v) is 7.16. The number of thiazole rings is 1. The number of nitrogen functional groups attached to an aromatic ring is 1. The van der Waals surface area contributed by atoms with E-state index in [1.165, 1.54) is 38.8 Å². The maximum absolute atomic E-state index is 13.0. The van der Waals surface area contributed by atoms with Crippen LogP contribution in [0, 0.1) is 0 Å². The standard InChI is InChI=1S/C20H21N9O6S3.ClH/c1-8-2-12(29-11(22-8)3-27(7-30)26-29)36-4-9-5-37-18-14(17(32)28(18)15(9)19(33)34)24-16(31)13(25-35)10-6-38-20(21)23-10;/h2-3,6,14,18,26,30,35H,4-5,7H2,1H3,(H2,21,23)(H,24,31)(H,33,34);1H/b25-13-;/t14?,18-;/m1./s1. The van der Waals surface area contributed by atoms with Crippen LogP contribution in [0.5, 0.6) is 0 Å². The third-order valence-corrected chi connectivity index (χ3v) is 8.84. The number of fused-ring (bicyclic) bond motifs is 2. The van der Waals surface area contributed by atoms with Crippen LogP contribution in [0.4, 0.5) is 5.13 Å². The normalized spacial score (nSPS) is 22.3. The van der Waals surface area contributed by atoms with Crippen molar-refractivity contribution in [2.24, 2.45) is 10.1 Å². The molecule has 2 amide bonds. The summed E-state index contributed by atoms with van der Waals surface area (Å²) in [6.45, 7) is 1.56. The molecule has 5 heterocycles.